The second kappa shape index (κ2) is 9.02. The van der Waals surface area contributed by atoms with Crippen LogP contribution in [0.5, 0.6) is 0 Å². The van der Waals surface area contributed by atoms with Gasteiger partial charge < -0.3 is 4.90 Å². The molecule has 0 N–H and O–H groups in total. The first kappa shape index (κ1) is 21.9. The van der Waals surface area contributed by atoms with E-state index in [2.05, 4.69) is 0 Å². The fourth-order valence-electron chi connectivity index (χ4n) is 4.27. The summed E-state index contributed by atoms with van der Waals surface area (Å²) >= 11 is 0. The quantitative estimate of drug-likeness (QED) is 0.704. The SMILES string of the molecule is O=C([C@H](c1ccccc1)N1CCN(S(=O)(=O)c2cc(F)ccc2F)CC1)N1CCCC1. The van der Waals surface area contributed by atoms with Crippen LogP contribution in [0.4, 0.5) is 8.78 Å². The number of hydrogen-bond acceptors (Lipinski definition) is 4. The lowest BCUT2D eigenvalue weighted by Crippen LogP contribution is -2.52. The van der Waals surface area contributed by atoms with E-state index >= 15 is 0 Å². The molecule has 0 aliphatic carbocycles. The third kappa shape index (κ3) is 4.49. The van der Waals surface area contributed by atoms with Gasteiger partial charge in [0.2, 0.25) is 15.9 Å². The number of benzene rings is 2. The average Bonchev–Trinajstić information content (AvgIpc) is 3.32. The zero-order valence-electron chi connectivity index (χ0n) is 17.1. The molecule has 0 spiro atoms. The Balaban J connectivity index is 1.54. The second-order valence-electron chi connectivity index (χ2n) is 7.86. The van der Waals surface area contributed by atoms with Gasteiger partial charge >= 0.3 is 0 Å². The molecular weight excluding hydrogens is 424 g/mol. The summed E-state index contributed by atoms with van der Waals surface area (Å²) in [5, 5.41) is 0. The number of carbonyl (C=O) groups is 1. The predicted octanol–water partition coefficient (Wildman–Crippen LogP) is 2.63. The molecule has 2 heterocycles. The van der Waals surface area contributed by atoms with E-state index in [0.717, 1.165) is 47.9 Å². The minimum absolute atomic E-state index is 0.0242. The van der Waals surface area contributed by atoms with Crippen LogP contribution in [0.15, 0.2) is 53.4 Å². The van der Waals surface area contributed by atoms with E-state index in [0.29, 0.717) is 19.2 Å². The van der Waals surface area contributed by atoms with Crippen LogP contribution in [-0.4, -0.2) is 67.7 Å². The first-order chi connectivity index (χ1) is 14.9. The molecule has 2 aliphatic heterocycles. The highest BCUT2D eigenvalue weighted by Gasteiger charge is 2.37. The lowest BCUT2D eigenvalue weighted by atomic mass is 10.0. The maximum atomic E-state index is 14.1. The van der Waals surface area contributed by atoms with Crippen molar-refractivity contribution < 1.29 is 22.0 Å². The molecule has 2 fully saturated rings. The fraction of sp³-hybridized carbons (Fsp3) is 0.409. The van der Waals surface area contributed by atoms with Crippen molar-refractivity contribution in [2.45, 2.75) is 23.8 Å². The van der Waals surface area contributed by atoms with Crippen molar-refractivity contribution in [3.05, 3.63) is 65.7 Å². The smallest absolute Gasteiger partial charge is 0.246 e. The van der Waals surface area contributed by atoms with Crippen LogP contribution >= 0.6 is 0 Å². The second-order valence-corrected chi connectivity index (χ2v) is 9.77. The summed E-state index contributed by atoms with van der Waals surface area (Å²) in [7, 11) is -4.17. The Hall–Kier alpha value is -2.36. The maximum absolute atomic E-state index is 14.1. The molecule has 0 unspecified atom stereocenters. The Morgan fingerprint density at radius 1 is 0.871 bits per heavy atom. The van der Waals surface area contributed by atoms with Gasteiger partial charge in [-0.05, 0) is 36.6 Å². The summed E-state index contributed by atoms with van der Waals surface area (Å²) < 4.78 is 54.5. The molecule has 4 rings (SSSR count). The first-order valence-corrected chi connectivity index (χ1v) is 11.8. The molecule has 31 heavy (non-hydrogen) atoms. The Kier molecular flexibility index (Phi) is 6.36. The van der Waals surface area contributed by atoms with E-state index in [9.17, 15) is 22.0 Å². The van der Waals surface area contributed by atoms with E-state index in [-0.39, 0.29) is 19.0 Å². The van der Waals surface area contributed by atoms with Gasteiger partial charge in [-0.15, -0.1) is 0 Å². The molecule has 0 radical (unpaired) electrons. The van der Waals surface area contributed by atoms with Gasteiger partial charge in [-0.2, -0.15) is 4.31 Å². The van der Waals surface area contributed by atoms with E-state index in [1.54, 1.807) is 0 Å². The molecular formula is C22H25F2N3O3S. The van der Waals surface area contributed by atoms with Crippen molar-refractivity contribution in [3.63, 3.8) is 0 Å². The molecule has 2 saturated heterocycles. The number of halogens is 2. The van der Waals surface area contributed by atoms with Crippen molar-refractivity contribution in [3.8, 4) is 0 Å². The van der Waals surface area contributed by atoms with Gasteiger partial charge in [0.15, 0.2) is 0 Å². The fourth-order valence-corrected chi connectivity index (χ4v) is 5.77. The summed E-state index contributed by atoms with van der Waals surface area (Å²) in [6.07, 6.45) is 1.97. The van der Waals surface area contributed by atoms with Gasteiger partial charge in [-0.25, -0.2) is 17.2 Å². The molecule has 166 valence electrons. The van der Waals surface area contributed by atoms with Crippen molar-refractivity contribution in [1.29, 1.82) is 0 Å². The minimum Gasteiger partial charge on any atom is -0.341 e. The number of likely N-dealkylation sites (tertiary alicyclic amines) is 1. The highest BCUT2D eigenvalue weighted by molar-refractivity contribution is 7.89. The Morgan fingerprint density at radius 3 is 2.16 bits per heavy atom. The number of carbonyl (C=O) groups excluding carboxylic acids is 1. The molecule has 2 aromatic rings. The predicted molar refractivity (Wildman–Crippen MR) is 112 cm³/mol. The summed E-state index contributed by atoms with van der Waals surface area (Å²) in [5.74, 6) is -1.76. The lowest BCUT2D eigenvalue weighted by Gasteiger charge is -2.39. The molecule has 0 saturated carbocycles. The van der Waals surface area contributed by atoms with Gasteiger partial charge in [0.25, 0.3) is 0 Å². The van der Waals surface area contributed by atoms with Crippen LogP contribution in [0.1, 0.15) is 24.4 Å². The van der Waals surface area contributed by atoms with Crippen molar-refractivity contribution in [2.24, 2.45) is 0 Å². The van der Waals surface area contributed by atoms with Crippen molar-refractivity contribution in [1.82, 2.24) is 14.1 Å². The normalized spacial score (nSPS) is 19.5. The number of sulfonamides is 1. The number of hydrogen-bond donors (Lipinski definition) is 0. The number of nitrogens with zero attached hydrogens (tertiary/aromatic N) is 3. The van der Waals surface area contributed by atoms with Crippen molar-refractivity contribution in [2.75, 3.05) is 39.3 Å². The zero-order valence-corrected chi connectivity index (χ0v) is 17.9. The molecule has 0 aromatic heterocycles. The van der Waals surface area contributed by atoms with E-state index < -0.39 is 32.6 Å². The number of rotatable bonds is 5. The van der Waals surface area contributed by atoms with Gasteiger partial charge in [-0.1, -0.05) is 30.3 Å². The highest BCUT2D eigenvalue weighted by atomic mass is 32.2. The third-order valence-electron chi connectivity index (χ3n) is 5.92. The van der Waals surface area contributed by atoms with Crippen molar-refractivity contribution >= 4 is 15.9 Å². The molecule has 6 nitrogen and oxygen atoms in total. The van der Waals surface area contributed by atoms with Crippen LogP contribution < -0.4 is 0 Å². The average molecular weight is 450 g/mol. The van der Waals surface area contributed by atoms with Crippen LogP contribution in [0.25, 0.3) is 0 Å². The maximum Gasteiger partial charge on any atom is 0.246 e. The number of amides is 1. The van der Waals surface area contributed by atoms with Crippen LogP contribution in [0.3, 0.4) is 0 Å². The lowest BCUT2D eigenvalue weighted by molar-refractivity contribution is -0.136. The molecule has 2 aliphatic rings. The van der Waals surface area contributed by atoms with E-state index in [1.807, 2.05) is 40.1 Å². The third-order valence-corrected chi connectivity index (χ3v) is 7.83. The Labute approximate surface area is 181 Å². The summed E-state index contributed by atoms with van der Waals surface area (Å²) in [5.41, 5.74) is 0.867. The van der Waals surface area contributed by atoms with Crippen LogP contribution in [0, 0.1) is 11.6 Å². The van der Waals surface area contributed by atoms with E-state index in [4.69, 9.17) is 0 Å². The monoisotopic (exact) mass is 449 g/mol. The molecule has 1 amide bonds. The van der Waals surface area contributed by atoms with Gasteiger partial charge in [0.05, 0.1) is 0 Å². The Morgan fingerprint density at radius 2 is 1.52 bits per heavy atom. The highest BCUT2D eigenvalue weighted by Crippen LogP contribution is 2.28. The number of piperazine rings is 1. The first-order valence-electron chi connectivity index (χ1n) is 10.4. The van der Waals surface area contributed by atoms with Gasteiger partial charge in [0.1, 0.15) is 22.6 Å². The van der Waals surface area contributed by atoms with Crippen LogP contribution in [-0.2, 0) is 14.8 Å². The Bertz CT molecular complexity index is 1040. The van der Waals surface area contributed by atoms with Gasteiger partial charge in [-0.3, -0.25) is 9.69 Å². The largest absolute Gasteiger partial charge is 0.341 e. The minimum atomic E-state index is -4.17. The van der Waals surface area contributed by atoms with Crippen LogP contribution in [0.2, 0.25) is 0 Å². The molecule has 9 heteroatoms. The molecule has 2 aromatic carbocycles. The topological polar surface area (TPSA) is 60.9 Å². The standard InChI is InChI=1S/C22H25F2N3O3S/c23-18-8-9-19(24)20(16-18)31(29,30)27-14-12-25(13-15-27)21(17-6-2-1-3-7-17)22(28)26-10-4-5-11-26/h1-3,6-9,16,21H,4-5,10-15H2/t21-/m0/s1. The molecule has 0 bridgehead atoms. The zero-order chi connectivity index (χ0) is 22.0. The summed E-state index contributed by atoms with van der Waals surface area (Å²) in [6.45, 7) is 2.28. The summed E-state index contributed by atoms with van der Waals surface area (Å²) in [4.78, 5) is 16.5. The van der Waals surface area contributed by atoms with E-state index in [1.165, 1.54) is 0 Å². The van der Waals surface area contributed by atoms with Gasteiger partial charge in [0, 0.05) is 39.3 Å². The summed E-state index contributed by atoms with van der Waals surface area (Å²) in [6, 6.07) is 11.4. The molecule has 1 atom stereocenters.